The van der Waals surface area contributed by atoms with Gasteiger partial charge in [0.25, 0.3) is 0 Å². The summed E-state index contributed by atoms with van der Waals surface area (Å²) in [5, 5.41) is 0. The molecule has 2 atom stereocenters. The maximum atomic E-state index is 12.7. The second-order valence-corrected chi connectivity index (χ2v) is 9.93. The second kappa shape index (κ2) is 6.48. The Morgan fingerprint density at radius 2 is 1.39 bits per heavy atom. The summed E-state index contributed by atoms with van der Waals surface area (Å²) in [4.78, 5) is 0.140. The van der Waals surface area contributed by atoms with Gasteiger partial charge < -0.3 is 4.74 Å². The second-order valence-electron chi connectivity index (χ2n) is 5.84. The highest BCUT2D eigenvalue weighted by Gasteiger charge is 2.32. The Kier molecular flexibility index (Phi) is 5.17. The van der Waals surface area contributed by atoms with Gasteiger partial charge in [0, 0.05) is 27.2 Å². The molecule has 1 heterocycles. The summed E-state index contributed by atoms with van der Waals surface area (Å²) in [6.07, 6.45) is -0.358. The van der Waals surface area contributed by atoms with Crippen molar-refractivity contribution in [2.75, 3.05) is 27.2 Å². The van der Waals surface area contributed by atoms with Crippen molar-refractivity contribution in [1.82, 2.24) is 8.61 Å². The highest BCUT2D eigenvalue weighted by atomic mass is 32.2. The van der Waals surface area contributed by atoms with E-state index in [4.69, 9.17) is 4.74 Å². The van der Waals surface area contributed by atoms with Crippen LogP contribution in [-0.2, 0) is 24.8 Å². The molecule has 1 aromatic carbocycles. The van der Waals surface area contributed by atoms with Gasteiger partial charge in [-0.3, -0.25) is 0 Å². The third-order valence-electron chi connectivity index (χ3n) is 3.63. The van der Waals surface area contributed by atoms with Gasteiger partial charge in [-0.25, -0.2) is 21.1 Å². The van der Waals surface area contributed by atoms with Crippen LogP contribution < -0.4 is 0 Å². The van der Waals surface area contributed by atoms with Gasteiger partial charge in [0.1, 0.15) is 0 Å². The first-order valence-corrected chi connectivity index (χ1v) is 10.1. The van der Waals surface area contributed by atoms with Crippen LogP contribution in [0.25, 0.3) is 0 Å². The van der Waals surface area contributed by atoms with Gasteiger partial charge in [0.2, 0.25) is 20.0 Å². The molecule has 0 spiro atoms. The van der Waals surface area contributed by atoms with E-state index >= 15 is 0 Å². The molecule has 7 nitrogen and oxygen atoms in total. The van der Waals surface area contributed by atoms with Gasteiger partial charge >= 0.3 is 0 Å². The van der Waals surface area contributed by atoms with Gasteiger partial charge in [0.05, 0.1) is 22.0 Å². The lowest BCUT2D eigenvalue weighted by molar-refractivity contribution is -0.0440. The molecule has 130 valence electrons. The zero-order valence-electron chi connectivity index (χ0n) is 13.6. The molecule has 2 rings (SSSR count). The van der Waals surface area contributed by atoms with Crippen LogP contribution in [0.15, 0.2) is 34.1 Å². The molecule has 0 unspecified atom stereocenters. The van der Waals surface area contributed by atoms with E-state index < -0.39 is 20.0 Å². The minimum absolute atomic E-state index is 0.0603. The number of rotatable bonds is 4. The van der Waals surface area contributed by atoms with Crippen LogP contribution in [0.3, 0.4) is 0 Å². The quantitative estimate of drug-likeness (QED) is 0.789. The first-order valence-electron chi connectivity index (χ1n) is 7.23. The number of benzene rings is 1. The smallest absolute Gasteiger partial charge is 0.243 e. The van der Waals surface area contributed by atoms with Gasteiger partial charge in [-0.05, 0) is 38.1 Å². The fraction of sp³-hybridized carbons (Fsp3) is 0.571. The van der Waals surface area contributed by atoms with E-state index in [9.17, 15) is 16.8 Å². The molecule has 0 bridgehead atoms. The molecule has 1 aliphatic rings. The van der Waals surface area contributed by atoms with Crippen LogP contribution in [-0.4, -0.2) is 64.8 Å². The van der Waals surface area contributed by atoms with Crippen molar-refractivity contribution in [3.8, 4) is 0 Å². The van der Waals surface area contributed by atoms with E-state index in [0.29, 0.717) is 0 Å². The predicted octanol–water partition coefficient (Wildman–Crippen LogP) is 0.735. The van der Waals surface area contributed by atoms with Gasteiger partial charge in [-0.15, -0.1) is 0 Å². The van der Waals surface area contributed by atoms with E-state index in [-0.39, 0.29) is 35.1 Å². The van der Waals surface area contributed by atoms with Crippen LogP contribution in [0, 0.1) is 0 Å². The average molecular weight is 362 g/mol. The SMILES string of the molecule is C[C@@H]1CN(S(=O)(=O)c2ccc(S(=O)(=O)N(C)C)cc2)C[C@H](C)O1. The van der Waals surface area contributed by atoms with E-state index in [2.05, 4.69) is 0 Å². The average Bonchev–Trinajstić information content (AvgIpc) is 2.46. The molecule has 0 aliphatic carbocycles. The lowest BCUT2D eigenvalue weighted by Gasteiger charge is -2.34. The molecular formula is C14H22N2O5S2. The van der Waals surface area contributed by atoms with Gasteiger partial charge in [-0.1, -0.05) is 0 Å². The van der Waals surface area contributed by atoms with Crippen LogP contribution in [0.2, 0.25) is 0 Å². The molecular weight excluding hydrogens is 340 g/mol. The van der Waals surface area contributed by atoms with Crippen LogP contribution in [0.5, 0.6) is 0 Å². The van der Waals surface area contributed by atoms with Crippen molar-refractivity contribution in [2.24, 2.45) is 0 Å². The Labute approximate surface area is 137 Å². The lowest BCUT2D eigenvalue weighted by atomic mass is 10.3. The Morgan fingerprint density at radius 1 is 0.957 bits per heavy atom. The Balaban J connectivity index is 2.31. The van der Waals surface area contributed by atoms with Crippen molar-refractivity contribution >= 4 is 20.0 Å². The molecule has 0 aromatic heterocycles. The van der Waals surface area contributed by atoms with Crippen molar-refractivity contribution in [3.63, 3.8) is 0 Å². The van der Waals surface area contributed by atoms with E-state index in [0.717, 1.165) is 4.31 Å². The van der Waals surface area contributed by atoms with Crippen molar-refractivity contribution in [2.45, 2.75) is 35.8 Å². The monoisotopic (exact) mass is 362 g/mol. The Morgan fingerprint density at radius 3 is 1.83 bits per heavy atom. The molecule has 1 aromatic rings. The molecule has 0 amide bonds. The number of morpholine rings is 1. The number of ether oxygens (including phenoxy) is 1. The summed E-state index contributed by atoms with van der Waals surface area (Å²) in [7, 11) is -4.39. The highest BCUT2D eigenvalue weighted by Crippen LogP contribution is 2.23. The van der Waals surface area contributed by atoms with Gasteiger partial charge in [0.15, 0.2) is 0 Å². The molecule has 0 radical (unpaired) electrons. The molecule has 23 heavy (non-hydrogen) atoms. The summed E-state index contributed by atoms with van der Waals surface area (Å²) in [6, 6.07) is 5.29. The summed E-state index contributed by atoms with van der Waals surface area (Å²) in [5.74, 6) is 0. The third kappa shape index (κ3) is 3.74. The number of hydrogen-bond donors (Lipinski definition) is 0. The molecule has 9 heteroatoms. The number of hydrogen-bond acceptors (Lipinski definition) is 5. The minimum atomic E-state index is -3.67. The largest absolute Gasteiger partial charge is 0.373 e. The number of sulfonamides is 2. The third-order valence-corrected chi connectivity index (χ3v) is 7.30. The van der Waals surface area contributed by atoms with Crippen LogP contribution in [0.4, 0.5) is 0 Å². The maximum absolute atomic E-state index is 12.7. The topological polar surface area (TPSA) is 84.0 Å². The Bertz CT molecular complexity index is 747. The molecule has 1 aliphatic heterocycles. The van der Waals surface area contributed by atoms with Crippen molar-refractivity contribution < 1.29 is 21.6 Å². The van der Waals surface area contributed by atoms with E-state index in [1.54, 1.807) is 0 Å². The fourth-order valence-electron chi connectivity index (χ4n) is 2.47. The Hall–Kier alpha value is -1.00. The summed E-state index contributed by atoms with van der Waals surface area (Å²) < 4.78 is 57.4. The fourth-order valence-corrected chi connectivity index (χ4v) is 4.96. The molecule has 0 saturated carbocycles. The van der Waals surface area contributed by atoms with Crippen molar-refractivity contribution in [3.05, 3.63) is 24.3 Å². The summed E-state index contributed by atoms with van der Waals surface area (Å²) >= 11 is 0. The standard InChI is InChI=1S/C14H22N2O5S2/c1-11-9-16(10-12(2)21-11)23(19,20)14-7-5-13(6-8-14)22(17,18)15(3)4/h5-8,11-12H,9-10H2,1-4H3/t11-,12+. The maximum Gasteiger partial charge on any atom is 0.243 e. The first kappa shape index (κ1) is 18.3. The summed E-state index contributed by atoms with van der Waals surface area (Å²) in [6.45, 7) is 4.21. The normalized spacial score (nSPS) is 24.0. The van der Waals surface area contributed by atoms with E-state index in [1.807, 2.05) is 13.8 Å². The molecule has 1 fully saturated rings. The zero-order chi connectivity index (χ0) is 17.4. The predicted molar refractivity (Wildman–Crippen MR) is 86.1 cm³/mol. The number of nitrogens with zero attached hydrogens (tertiary/aromatic N) is 2. The van der Waals surface area contributed by atoms with Gasteiger partial charge in [-0.2, -0.15) is 4.31 Å². The minimum Gasteiger partial charge on any atom is -0.373 e. The van der Waals surface area contributed by atoms with Crippen LogP contribution >= 0.6 is 0 Å². The highest BCUT2D eigenvalue weighted by molar-refractivity contribution is 7.89. The molecule has 0 N–H and O–H groups in total. The molecule has 1 saturated heterocycles. The zero-order valence-corrected chi connectivity index (χ0v) is 15.3. The first-order chi connectivity index (χ1) is 10.5. The van der Waals surface area contributed by atoms with Crippen LogP contribution in [0.1, 0.15) is 13.8 Å². The lowest BCUT2D eigenvalue weighted by Crippen LogP contribution is -2.48. The van der Waals surface area contributed by atoms with E-state index in [1.165, 1.54) is 42.7 Å². The van der Waals surface area contributed by atoms with Crippen molar-refractivity contribution in [1.29, 1.82) is 0 Å². The summed E-state index contributed by atoms with van der Waals surface area (Å²) in [5.41, 5.74) is 0.